The lowest BCUT2D eigenvalue weighted by molar-refractivity contribution is 0.670. The van der Waals surface area contributed by atoms with Crippen molar-refractivity contribution in [2.45, 2.75) is 4.90 Å². The summed E-state index contributed by atoms with van der Waals surface area (Å²) in [4.78, 5) is 13.1. The van der Waals surface area contributed by atoms with E-state index in [0.29, 0.717) is 0 Å². The van der Waals surface area contributed by atoms with E-state index in [1.807, 2.05) is 36.5 Å². The molecule has 0 spiro atoms. The van der Waals surface area contributed by atoms with Crippen LogP contribution in [0, 0.1) is 0 Å². The van der Waals surface area contributed by atoms with Crippen molar-refractivity contribution in [3.8, 4) is 21.7 Å². The van der Waals surface area contributed by atoms with E-state index in [4.69, 9.17) is 14.4 Å². The molecule has 0 aliphatic carbocycles. The Labute approximate surface area is 304 Å². The monoisotopic (exact) mass is 693 g/mol. The van der Waals surface area contributed by atoms with E-state index in [2.05, 4.69) is 145 Å². The third-order valence-electron chi connectivity index (χ3n) is 9.10. The highest BCUT2D eigenvalue weighted by atomic mass is 32.2. The van der Waals surface area contributed by atoms with Crippen LogP contribution in [0.1, 0.15) is 5.56 Å². The molecule has 0 bridgehead atoms. The number of hydrogen-bond acceptors (Lipinski definition) is 6. The molecule has 2 aromatic heterocycles. The summed E-state index contributed by atoms with van der Waals surface area (Å²) < 4.78 is 7.56. The Hall–Kier alpha value is -5.95. The minimum absolute atomic E-state index is 0.902. The van der Waals surface area contributed by atoms with Gasteiger partial charge in [0.15, 0.2) is 0 Å². The van der Waals surface area contributed by atoms with Crippen LogP contribution in [0.15, 0.2) is 178 Å². The van der Waals surface area contributed by atoms with Crippen molar-refractivity contribution in [2.24, 2.45) is 4.99 Å². The molecule has 6 heteroatoms. The zero-order chi connectivity index (χ0) is 34.1. The fraction of sp³-hybridized carbons (Fsp3) is 0.0222. The summed E-state index contributed by atoms with van der Waals surface area (Å²) in [5, 5.41) is 3.28. The van der Waals surface area contributed by atoms with Gasteiger partial charge in [0, 0.05) is 50.1 Å². The molecule has 2 heterocycles. The third kappa shape index (κ3) is 5.99. The number of nitrogens with zero attached hydrogens (tertiary/aromatic N) is 3. The number of fused-ring (bicyclic) bond motifs is 4. The number of para-hydroxylation sites is 4. The molecule has 0 aliphatic rings. The molecular weight excluding hydrogens is 663 g/mol. The molecule has 51 heavy (non-hydrogen) atoms. The summed E-state index contributed by atoms with van der Waals surface area (Å²) in [6, 6.07) is 57.1. The molecule has 0 unspecified atom stereocenters. The average Bonchev–Trinajstić information content (AvgIpc) is 3.81. The largest absolute Gasteiger partial charge is 0.455 e. The molecule has 0 fully saturated rings. The minimum Gasteiger partial charge on any atom is -0.455 e. The van der Waals surface area contributed by atoms with E-state index in [0.717, 1.165) is 82.4 Å². The number of rotatable bonds is 8. The van der Waals surface area contributed by atoms with E-state index in [1.54, 1.807) is 23.1 Å². The van der Waals surface area contributed by atoms with Crippen LogP contribution < -0.4 is 4.90 Å². The van der Waals surface area contributed by atoms with Gasteiger partial charge in [-0.2, -0.15) is 0 Å². The Kier molecular flexibility index (Phi) is 8.16. The molecule has 0 radical (unpaired) electrons. The lowest BCUT2D eigenvalue weighted by atomic mass is 10.0. The van der Waals surface area contributed by atoms with Gasteiger partial charge in [-0.25, -0.2) is 4.98 Å². The Morgan fingerprint density at radius 3 is 2.04 bits per heavy atom. The van der Waals surface area contributed by atoms with Gasteiger partial charge >= 0.3 is 0 Å². The van der Waals surface area contributed by atoms with Crippen LogP contribution in [-0.4, -0.2) is 17.5 Å². The Morgan fingerprint density at radius 1 is 0.627 bits per heavy atom. The predicted octanol–water partition coefficient (Wildman–Crippen LogP) is 13.5. The maximum atomic E-state index is 6.37. The van der Waals surface area contributed by atoms with E-state index in [-0.39, 0.29) is 0 Å². The minimum atomic E-state index is 0.902. The summed E-state index contributed by atoms with van der Waals surface area (Å²) in [5.74, 6) is 0. The molecule has 7 aromatic carbocycles. The summed E-state index contributed by atoms with van der Waals surface area (Å²) in [6.45, 7) is 0. The summed E-state index contributed by atoms with van der Waals surface area (Å²) in [7, 11) is 0. The SMILES string of the molecule is CSc1ccccc1/N=C/c1ccc(N(c2ccc(-c3nc4ccccc4s3)cc2)c2ccc(-c3cccc4c3oc3ccccc34)cc2)cc1. The molecule has 0 N–H and O–H groups in total. The maximum Gasteiger partial charge on any atom is 0.143 e. The molecule has 0 aliphatic heterocycles. The van der Waals surface area contributed by atoms with Crippen molar-refractivity contribution in [2.75, 3.05) is 11.2 Å². The van der Waals surface area contributed by atoms with E-state index in [9.17, 15) is 0 Å². The molecule has 9 rings (SSSR count). The molecule has 0 atom stereocenters. The van der Waals surface area contributed by atoms with Crippen LogP contribution in [0.3, 0.4) is 0 Å². The van der Waals surface area contributed by atoms with Crippen LogP contribution in [0.4, 0.5) is 22.7 Å². The lowest BCUT2D eigenvalue weighted by Gasteiger charge is -2.26. The first-order valence-electron chi connectivity index (χ1n) is 16.8. The second kappa shape index (κ2) is 13.4. The van der Waals surface area contributed by atoms with Crippen molar-refractivity contribution in [1.29, 1.82) is 0 Å². The van der Waals surface area contributed by atoms with Gasteiger partial charge in [-0.1, -0.05) is 84.9 Å². The van der Waals surface area contributed by atoms with Crippen LogP contribution >= 0.6 is 23.1 Å². The van der Waals surface area contributed by atoms with Gasteiger partial charge in [-0.05, 0) is 96.2 Å². The second-order valence-corrected chi connectivity index (χ2v) is 14.1. The molecule has 4 nitrogen and oxygen atoms in total. The van der Waals surface area contributed by atoms with Gasteiger partial charge in [0.25, 0.3) is 0 Å². The summed E-state index contributed by atoms with van der Waals surface area (Å²) >= 11 is 3.42. The number of benzene rings is 7. The number of aliphatic imine (C=N–C) groups is 1. The van der Waals surface area contributed by atoms with E-state index < -0.39 is 0 Å². The van der Waals surface area contributed by atoms with Gasteiger partial charge in [0.1, 0.15) is 16.2 Å². The first-order chi connectivity index (χ1) is 25.2. The number of aromatic nitrogens is 1. The van der Waals surface area contributed by atoms with Gasteiger partial charge in [-0.15, -0.1) is 23.1 Å². The first-order valence-corrected chi connectivity index (χ1v) is 18.8. The molecule has 0 saturated carbocycles. The highest BCUT2D eigenvalue weighted by Gasteiger charge is 2.16. The number of furan rings is 1. The van der Waals surface area contributed by atoms with E-state index in [1.165, 1.54) is 4.70 Å². The van der Waals surface area contributed by atoms with Crippen molar-refractivity contribution in [1.82, 2.24) is 4.98 Å². The second-order valence-electron chi connectivity index (χ2n) is 12.2. The van der Waals surface area contributed by atoms with Crippen molar-refractivity contribution >= 4 is 84.2 Å². The van der Waals surface area contributed by atoms with E-state index >= 15 is 0 Å². The van der Waals surface area contributed by atoms with Gasteiger partial charge in [0.05, 0.1) is 15.9 Å². The Balaban J connectivity index is 1.08. The quantitative estimate of drug-likeness (QED) is 0.117. The van der Waals surface area contributed by atoms with Crippen molar-refractivity contribution in [3.05, 3.63) is 169 Å². The first kappa shape index (κ1) is 31.1. The van der Waals surface area contributed by atoms with Crippen molar-refractivity contribution < 1.29 is 4.42 Å². The Morgan fingerprint density at radius 2 is 1.27 bits per heavy atom. The zero-order valence-electron chi connectivity index (χ0n) is 27.7. The zero-order valence-corrected chi connectivity index (χ0v) is 29.4. The highest BCUT2D eigenvalue weighted by Crippen LogP contribution is 2.40. The molecule has 244 valence electrons. The Bertz CT molecular complexity index is 2640. The van der Waals surface area contributed by atoms with Crippen LogP contribution in [0.5, 0.6) is 0 Å². The molecular formula is C45H31N3OS2. The summed E-state index contributed by atoms with van der Waals surface area (Å²) in [5.41, 5.74) is 11.3. The number of hydrogen-bond donors (Lipinski definition) is 0. The fourth-order valence-electron chi connectivity index (χ4n) is 6.55. The standard InChI is InChI=1S/C45H31N3OS2/c1-50-42-15-6-3-12-39(42)46-29-30-17-23-33(24-18-30)48(35-27-21-32(22-28-35)45-47-40-13-4-7-16-43(40)51-45)34-25-19-31(20-26-34)36-10-8-11-38-37-9-2-5-14-41(37)49-44(36)38/h2-29H,1H3/b46-29+. The van der Waals surface area contributed by atoms with Crippen molar-refractivity contribution in [3.63, 3.8) is 0 Å². The van der Waals surface area contributed by atoms with Gasteiger partial charge < -0.3 is 9.32 Å². The van der Waals surface area contributed by atoms with Crippen LogP contribution in [-0.2, 0) is 0 Å². The lowest BCUT2D eigenvalue weighted by Crippen LogP contribution is -2.10. The smallest absolute Gasteiger partial charge is 0.143 e. The predicted molar refractivity (Wildman–Crippen MR) is 218 cm³/mol. The van der Waals surface area contributed by atoms with Gasteiger partial charge in [0.2, 0.25) is 0 Å². The molecule has 0 amide bonds. The fourth-order valence-corrected chi connectivity index (χ4v) is 8.07. The average molecular weight is 694 g/mol. The van der Waals surface area contributed by atoms with Crippen LogP contribution in [0.25, 0.3) is 53.9 Å². The number of thiazole rings is 1. The molecule has 0 saturated heterocycles. The van der Waals surface area contributed by atoms with Crippen LogP contribution in [0.2, 0.25) is 0 Å². The number of anilines is 3. The topological polar surface area (TPSA) is 41.6 Å². The normalized spacial score (nSPS) is 11.6. The number of thioether (sulfide) groups is 1. The highest BCUT2D eigenvalue weighted by molar-refractivity contribution is 7.98. The maximum absolute atomic E-state index is 6.37. The summed E-state index contributed by atoms with van der Waals surface area (Å²) in [6.07, 6.45) is 4.01. The van der Waals surface area contributed by atoms with Gasteiger partial charge in [-0.3, -0.25) is 4.99 Å². The molecule has 9 aromatic rings. The third-order valence-corrected chi connectivity index (χ3v) is 11.0.